The van der Waals surface area contributed by atoms with Crippen molar-refractivity contribution in [2.24, 2.45) is 0 Å². The highest BCUT2D eigenvalue weighted by Crippen LogP contribution is 2.36. The van der Waals surface area contributed by atoms with Crippen LogP contribution in [0.4, 0.5) is 0 Å². The largest absolute Gasteiger partial charge is 0.481 e. The normalized spacial score (nSPS) is 17.6. The number of rotatable bonds is 3. The fourth-order valence-corrected chi connectivity index (χ4v) is 2.28. The second kappa shape index (κ2) is 3.71. The Morgan fingerprint density at radius 2 is 2.22 bits per heavy atom. The van der Waals surface area contributed by atoms with Gasteiger partial charge in [-0.2, -0.15) is 0 Å². The number of nitrogens with one attached hydrogen (secondary N) is 1. The number of aromatic nitrogens is 1. The summed E-state index contributed by atoms with van der Waals surface area (Å²) in [6.07, 6.45) is 0.00710. The first kappa shape index (κ1) is 11.0. The monoisotopic (exact) mass is 249 g/mol. The lowest BCUT2D eigenvalue weighted by Gasteiger charge is -2.40. The Hall–Kier alpha value is -2.08. The third kappa shape index (κ3) is 1.62. The third-order valence-electron chi connectivity index (χ3n) is 3.28. The maximum absolute atomic E-state index is 11.1. The SMILES string of the molecule is O=C(O)CC1(c2ccc3[nH]c(=O)oc3c2)COC1. The molecule has 0 saturated carbocycles. The lowest BCUT2D eigenvalue weighted by Crippen LogP contribution is -2.48. The Morgan fingerprint density at radius 1 is 1.44 bits per heavy atom. The highest BCUT2D eigenvalue weighted by atomic mass is 16.5. The Bertz CT molecular complexity index is 664. The lowest BCUT2D eigenvalue weighted by atomic mass is 9.76. The Morgan fingerprint density at radius 3 is 2.83 bits per heavy atom. The van der Waals surface area contributed by atoms with Gasteiger partial charge in [0.25, 0.3) is 0 Å². The van der Waals surface area contributed by atoms with E-state index in [1.54, 1.807) is 18.2 Å². The molecule has 2 N–H and O–H groups in total. The number of hydrogen-bond acceptors (Lipinski definition) is 4. The van der Waals surface area contributed by atoms with Crippen LogP contribution in [0.15, 0.2) is 27.4 Å². The predicted molar refractivity (Wildman–Crippen MR) is 61.6 cm³/mol. The summed E-state index contributed by atoms with van der Waals surface area (Å²) in [4.78, 5) is 24.5. The smallest absolute Gasteiger partial charge is 0.417 e. The van der Waals surface area contributed by atoms with E-state index >= 15 is 0 Å². The van der Waals surface area contributed by atoms with Crippen molar-refractivity contribution in [1.82, 2.24) is 4.98 Å². The molecular weight excluding hydrogens is 238 g/mol. The van der Waals surface area contributed by atoms with Gasteiger partial charge in [0, 0.05) is 0 Å². The van der Waals surface area contributed by atoms with Crippen LogP contribution in [0.2, 0.25) is 0 Å². The van der Waals surface area contributed by atoms with E-state index in [0.29, 0.717) is 24.3 Å². The molecule has 0 amide bonds. The van der Waals surface area contributed by atoms with Gasteiger partial charge in [0.15, 0.2) is 5.58 Å². The van der Waals surface area contributed by atoms with E-state index in [1.807, 2.05) is 0 Å². The summed E-state index contributed by atoms with van der Waals surface area (Å²) in [5.74, 6) is -1.38. The molecule has 1 saturated heterocycles. The first-order valence-corrected chi connectivity index (χ1v) is 5.52. The minimum atomic E-state index is -0.867. The van der Waals surface area contributed by atoms with Gasteiger partial charge in [0.05, 0.1) is 30.6 Å². The molecule has 6 nitrogen and oxygen atoms in total. The van der Waals surface area contributed by atoms with E-state index in [9.17, 15) is 9.59 Å². The lowest BCUT2D eigenvalue weighted by molar-refractivity contribution is -0.145. The van der Waals surface area contributed by atoms with Crippen LogP contribution >= 0.6 is 0 Å². The standard InChI is InChI=1S/C12H11NO5/c14-10(15)4-12(5-17-6-12)7-1-2-8-9(3-7)18-11(16)13-8/h1-3H,4-6H2,(H,13,16)(H,14,15). The number of benzene rings is 1. The van der Waals surface area contributed by atoms with Gasteiger partial charge >= 0.3 is 11.7 Å². The molecule has 0 atom stereocenters. The van der Waals surface area contributed by atoms with Crippen LogP contribution in [0, 0.1) is 0 Å². The van der Waals surface area contributed by atoms with E-state index in [0.717, 1.165) is 5.56 Å². The summed E-state index contributed by atoms with van der Waals surface area (Å²) in [5.41, 5.74) is 1.37. The molecular formula is C12H11NO5. The average Bonchev–Trinajstić information content (AvgIpc) is 2.62. The fraction of sp³-hybridized carbons (Fsp3) is 0.333. The van der Waals surface area contributed by atoms with E-state index in [2.05, 4.69) is 4.98 Å². The molecule has 1 aliphatic heterocycles. The van der Waals surface area contributed by atoms with Crippen molar-refractivity contribution in [3.05, 3.63) is 34.3 Å². The summed E-state index contributed by atoms with van der Waals surface area (Å²) in [6, 6.07) is 5.23. The topological polar surface area (TPSA) is 92.5 Å². The minimum absolute atomic E-state index is 0.00710. The molecule has 1 fully saturated rings. The molecule has 0 spiro atoms. The molecule has 0 bridgehead atoms. The van der Waals surface area contributed by atoms with E-state index in [1.165, 1.54) is 0 Å². The van der Waals surface area contributed by atoms with Crippen molar-refractivity contribution in [1.29, 1.82) is 0 Å². The molecule has 6 heteroatoms. The van der Waals surface area contributed by atoms with Gasteiger partial charge in [-0.3, -0.25) is 9.78 Å². The summed E-state index contributed by atoms with van der Waals surface area (Å²) in [7, 11) is 0. The molecule has 18 heavy (non-hydrogen) atoms. The fourth-order valence-electron chi connectivity index (χ4n) is 2.28. The summed E-state index contributed by atoms with van der Waals surface area (Å²) >= 11 is 0. The van der Waals surface area contributed by atoms with Crippen molar-refractivity contribution < 1.29 is 19.1 Å². The zero-order chi connectivity index (χ0) is 12.8. The van der Waals surface area contributed by atoms with E-state index < -0.39 is 17.1 Å². The molecule has 94 valence electrons. The Balaban J connectivity index is 2.06. The van der Waals surface area contributed by atoms with Crippen LogP contribution in [-0.2, 0) is 14.9 Å². The number of fused-ring (bicyclic) bond motifs is 1. The molecule has 2 aromatic rings. The zero-order valence-corrected chi connectivity index (χ0v) is 9.43. The predicted octanol–water partition coefficient (Wildman–Crippen LogP) is 0.864. The van der Waals surface area contributed by atoms with Crippen molar-refractivity contribution in [3.8, 4) is 0 Å². The molecule has 1 aliphatic rings. The van der Waals surface area contributed by atoms with Crippen LogP contribution in [-0.4, -0.2) is 29.3 Å². The third-order valence-corrected chi connectivity index (χ3v) is 3.28. The number of carboxylic acid groups (broad SMARTS) is 1. The van der Waals surface area contributed by atoms with Gasteiger partial charge in [-0.15, -0.1) is 0 Å². The van der Waals surface area contributed by atoms with Crippen LogP contribution < -0.4 is 5.76 Å². The van der Waals surface area contributed by atoms with Gasteiger partial charge in [0.1, 0.15) is 0 Å². The molecule has 0 radical (unpaired) electrons. The van der Waals surface area contributed by atoms with Crippen LogP contribution in [0.5, 0.6) is 0 Å². The number of hydrogen-bond donors (Lipinski definition) is 2. The number of oxazole rings is 1. The number of H-pyrrole nitrogens is 1. The summed E-state index contributed by atoms with van der Waals surface area (Å²) < 4.78 is 10.1. The summed E-state index contributed by atoms with van der Waals surface area (Å²) in [5, 5.41) is 8.96. The number of aliphatic carboxylic acids is 1. The van der Waals surface area contributed by atoms with Crippen LogP contribution in [0.3, 0.4) is 0 Å². The van der Waals surface area contributed by atoms with E-state index in [4.69, 9.17) is 14.3 Å². The van der Waals surface area contributed by atoms with Crippen molar-refractivity contribution in [3.63, 3.8) is 0 Å². The Kier molecular flexibility index (Phi) is 2.27. The number of ether oxygens (including phenoxy) is 1. The first-order valence-electron chi connectivity index (χ1n) is 5.52. The van der Waals surface area contributed by atoms with Crippen LogP contribution in [0.25, 0.3) is 11.1 Å². The highest BCUT2D eigenvalue weighted by molar-refractivity contribution is 5.75. The minimum Gasteiger partial charge on any atom is -0.481 e. The maximum Gasteiger partial charge on any atom is 0.417 e. The number of aromatic amines is 1. The van der Waals surface area contributed by atoms with Gasteiger partial charge in [0.2, 0.25) is 0 Å². The Labute approximate surface area is 101 Å². The average molecular weight is 249 g/mol. The number of carbonyl (C=O) groups is 1. The van der Waals surface area contributed by atoms with Crippen molar-refractivity contribution in [2.75, 3.05) is 13.2 Å². The summed E-state index contributed by atoms with van der Waals surface area (Å²) in [6.45, 7) is 0.749. The quantitative estimate of drug-likeness (QED) is 0.841. The molecule has 0 unspecified atom stereocenters. The van der Waals surface area contributed by atoms with Gasteiger partial charge < -0.3 is 14.3 Å². The van der Waals surface area contributed by atoms with Crippen molar-refractivity contribution in [2.45, 2.75) is 11.8 Å². The molecule has 0 aliphatic carbocycles. The molecule has 1 aromatic carbocycles. The highest BCUT2D eigenvalue weighted by Gasteiger charge is 2.42. The first-order chi connectivity index (χ1) is 8.59. The maximum atomic E-state index is 11.1. The van der Waals surface area contributed by atoms with E-state index in [-0.39, 0.29) is 6.42 Å². The van der Waals surface area contributed by atoms with Gasteiger partial charge in [-0.05, 0) is 17.7 Å². The second-order valence-corrected chi connectivity index (χ2v) is 4.57. The second-order valence-electron chi connectivity index (χ2n) is 4.57. The van der Waals surface area contributed by atoms with Crippen molar-refractivity contribution >= 4 is 17.1 Å². The molecule has 3 rings (SSSR count). The zero-order valence-electron chi connectivity index (χ0n) is 9.43. The molecule has 1 aromatic heterocycles. The van der Waals surface area contributed by atoms with Crippen LogP contribution in [0.1, 0.15) is 12.0 Å². The van der Waals surface area contributed by atoms with Gasteiger partial charge in [-0.1, -0.05) is 6.07 Å². The number of carboxylic acids is 1. The molecule has 2 heterocycles. The van der Waals surface area contributed by atoms with Gasteiger partial charge in [-0.25, -0.2) is 4.79 Å².